The van der Waals surface area contributed by atoms with Crippen LogP contribution < -0.4 is 15.1 Å². The highest BCUT2D eigenvalue weighted by Crippen LogP contribution is 2.19. The van der Waals surface area contributed by atoms with Crippen molar-refractivity contribution in [1.29, 1.82) is 0 Å². The molecule has 1 aliphatic heterocycles. The Bertz CT molecular complexity index is 1040. The highest BCUT2D eigenvalue weighted by molar-refractivity contribution is 7.89. The molecule has 0 spiro atoms. The van der Waals surface area contributed by atoms with Gasteiger partial charge in [-0.15, -0.1) is 0 Å². The van der Waals surface area contributed by atoms with E-state index in [1.807, 2.05) is 0 Å². The number of nitrogens with one attached hydrogen (secondary N) is 1. The van der Waals surface area contributed by atoms with E-state index in [4.69, 9.17) is 9.15 Å². The number of carbonyl (C=O) groups excluding carboxylic acids is 1. The third-order valence-corrected chi connectivity index (χ3v) is 5.88. The average Bonchev–Trinajstić information content (AvgIpc) is 2.66. The van der Waals surface area contributed by atoms with Crippen molar-refractivity contribution in [3.05, 3.63) is 58.4 Å². The van der Waals surface area contributed by atoms with E-state index in [1.165, 1.54) is 18.2 Å². The number of rotatable bonds is 6. The van der Waals surface area contributed by atoms with Crippen LogP contribution >= 0.6 is 0 Å². The SMILES string of the molecule is Cc1cc(OC2CCN(C(=O)CNS(=O)(=O)c3cccc(F)c3)CC2)cc(=O)o1. The number of nitrogens with zero attached hydrogens (tertiary/aromatic N) is 1. The fourth-order valence-corrected chi connectivity index (χ4v) is 4.05. The minimum atomic E-state index is -3.98. The summed E-state index contributed by atoms with van der Waals surface area (Å²) in [4.78, 5) is 25.0. The van der Waals surface area contributed by atoms with Crippen LogP contribution in [0.4, 0.5) is 4.39 Å². The standard InChI is InChI=1S/C19H21FN2O6S/c1-13-9-16(11-19(24)27-13)28-15-5-7-22(8-6-15)18(23)12-21-29(25,26)17-4-2-3-14(20)10-17/h2-4,9-11,15,21H,5-8,12H2,1H3. The van der Waals surface area contributed by atoms with Gasteiger partial charge in [0.2, 0.25) is 15.9 Å². The molecule has 2 aromatic rings. The second kappa shape index (κ2) is 8.75. The Morgan fingerprint density at radius 1 is 1.28 bits per heavy atom. The summed E-state index contributed by atoms with van der Waals surface area (Å²) in [6.07, 6.45) is 0.924. The molecule has 1 fully saturated rings. The van der Waals surface area contributed by atoms with Gasteiger partial charge in [-0.2, -0.15) is 0 Å². The Balaban J connectivity index is 1.50. The smallest absolute Gasteiger partial charge is 0.339 e. The summed E-state index contributed by atoms with van der Waals surface area (Å²) in [5, 5.41) is 0. The van der Waals surface area contributed by atoms with Gasteiger partial charge >= 0.3 is 5.63 Å². The lowest BCUT2D eigenvalue weighted by molar-refractivity contribution is -0.131. The zero-order chi connectivity index (χ0) is 21.0. The van der Waals surface area contributed by atoms with E-state index in [2.05, 4.69) is 4.72 Å². The number of likely N-dealkylation sites (tertiary alicyclic amines) is 1. The monoisotopic (exact) mass is 424 g/mol. The molecule has 1 aliphatic rings. The Morgan fingerprint density at radius 3 is 2.66 bits per heavy atom. The topological polar surface area (TPSA) is 106 Å². The fourth-order valence-electron chi connectivity index (χ4n) is 3.05. The molecule has 10 heteroatoms. The highest BCUT2D eigenvalue weighted by Gasteiger charge is 2.25. The van der Waals surface area contributed by atoms with E-state index in [0.717, 1.165) is 12.1 Å². The zero-order valence-corrected chi connectivity index (χ0v) is 16.6. The zero-order valence-electron chi connectivity index (χ0n) is 15.8. The number of carbonyl (C=O) groups is 1. The van der Waals surface area contributed by atoms with Crippen LogP contribution in [0.1, 0.15) is 18.6 Å². The third-order valence-electron chi connectivity index (χ3n) is 4.48. The van der Waals surface area contributed by atoms with Crippen molar-refractivity contribution >= 4 is 15.9 Å². The number of amides is 1. The summed E-state index contributed by atoms with van der Waals surface area (Å²) in [6, 6.07) is 7.46. The molecule has 1 aromatic carbocycles. The molecule has 1 amide bonds. The van der Waals surface area contributed by atoms with E-state index in [9.17, 15) is 22.4 Å². The molecule has 2 heterocycles. The van der Waals surface area contributed by atoms with E-state index in [-0.39, 0.29) is 16.9 Å². The number of ether oxygens (including phenoxy) is 1. The highest BCUT2D eigenvalue weighted by atomic mass is 32.2. The number of hydrogen-bond acceptors (Lipinski definition) is 6. The summed E-state index contributed by atoms with van der Waals surface area (Å²) in [6.45, 7) is 2.03. The summed E-state index contributed by atoms with van der Waals surface area (Å²) >= 11 is 0. The van der Waals surface area contributed by atoms with Crippen molar-refractivity contribution in [2.45, 2.75) is 30.8 Å². The van der Waals surface area contributed by atoms with Crippen LogP contribution in [0.15, 0.2) is 50.5 Å². The second-order valence-corrected chi connectivity index (χ2v) is 8.47. The number of aryl methyl sites for hydroxylation is 1. The Labute approximate surface area is 167 Å². The number of sulfonamides is 1. The maximum Gasteiger partial charge on any atom is 0.339 e. The maximum atomic E-state index is 13.2. The lowest BCUT2D eigenvalue weighted by atomic mass is 10.1. The van der Waals surface area contributed by atoms with Gasteiger partial charge in [0.25, 0.3) is 0 Å². The van der Waals surface area contributed by atoms with Crippen LogP contribution in [0.3, 0.4) is 0 Å². The molecular formula is C19H21FN2O6S. The van der Waals surface area contributed by atoms with E-state index in [1.54, 1.807) is 17.9 Å². The Morgan fingerprint density at radius 2 is 2.00 bits per heavy atom. The summed E-state index contributed by atoms with van der Waals surface area (Å²) in [5.74, 6) is -0.177. The molecule has 1 saturated heterocycles. The molecule has 0 bridgehead atoms. The molecule has 156 valence electrons. The van der Waals surface area contributed by atoms with Crippen molar-refractivity contribution in [2.75, 3.05) is 19.6 Å². The molecule has 8 nitrogen and oxygen atoms in total. The van der Waals surface area contributed by atoms with Crippen molar-refractivity contribution in [2.24, 2.45) is 0 Å². The number of benzene rings is 1. The number of halogens is 1. The van der Waals surface area contributed by atoms with Crippen LogP contribution in [-0.2, 0) is 14.8 Å². The van der Waals surface area contributed by atoms with Crippen molar-refractivity contribution in [3.63, 3.8) is 0 Å². The predicted molar refractivity (Wildman–Crippen MR) is 102 cm³/mol. The van der Waals surface area contributed by atoms with Crippen molar-refractivity contribution in [1.82, 2.24) is 9.62 Å². The maximum absolute atomic E-state index is 13.2. The molecular weight excluding hydrogens is 403 g/mol. The lowest BCUT2D eigenvalue weighted by Gasteiger charge is -2.32. The third kappa shape index (κ3) is 5.64. The van der Waals surface area contributed by atoms with Crippen molar-refractivity contribution in [3.8, 4) is 5.75 Å². The first-order chi connectivity index (χ1) is 13.7. The quantitative estimate of drug-likeness (QED) is 0.752. The van der Waals surface area contributed by atoms with Crippen LogP contribution in [0, 0.1) is 12.7 Å². The van der Waals surface area contributed by atoms with Gasteiger partial charge in [0.05, 0.1) is 17.5 Å². The normalized spacial score (nSPS) is 15.3. The summed E-state index contributed by atoms with van der Waals surface area (Å²) in [5.41, 5.74) is -0.488. The first-order valence-corrected chi connectivity index (χ1v) is 10.5. The van der Waals surface area contributed by atoms with E-state index < -0.39 is 28.0 Å². The van der Waals surface area contributed by atoms with Crippen molar-refractivity contribution < 1.29 is 26.8 Å². The van der Waals surface area contributed by atoms with Gasteiger partial charge in [0.15, 0.2) is 0 Å². The van der Waals surface area contributed by atoms with Crippen LogP contribution in [-0.4, -0.2) is 45.0 Å². The van der Waals surface area contributed by atoms with Gasteiger partial charge < -0.3 is 14.1 Å². The molecule has 0 aliphatic carbocycles. The molecule has 0 atom stereocenters. The largest absolute Gasteiger partial charge is 0.490 e. The minimum absolute atomic E-state index is 0.163. The minimum Gasteiger partial charge on any atom is -0.490 e. The molecule has 0 unspecified atom stereocenters. The van der Waals surface area contributed by atoms with Gasteiger partial charge in [-0.25, -0.2) is 22.3 Å². The molecule has 0 saturated carbocycles. The van der Waals surface area contributed by atoms with E-state index >= 15 is 0 Å². The Hall–Kier alpha value is -2.72. The summed E-state index contributed by atoms with van der Waals surface area (Å²) in [7, 11) is -3.98. The average molecular weight is 424 g/mol. The summed E-state index contributed by atoms with van der Waals surface area (Å²) < 4.78 is 50.5. The first kappa shape index (κ1) is 21.0. The van der Waals surface area contributed by atoms with Gasteiger partial charge in [-0.05, 0) is 25.1 Å². The van der Waals surface area contributed by atoms with Crippen LogP contribution in [0.2, 0.25) is 0 Å². The lowest BCUT2D eigenvalue weighted by Crippen LogP contribution is -2.46. The molecule has 29 heavy (non-hydrogen) atoms. The molecule has 1 aromatic heterocycles. The first-order valence-electron chi connectivity index (χ1n) is 9.04. The number of hydrogen-bond donors (Lipinski definition) is 1. The number of piperidine rings is 1. The second-order valence-electron chi connectivity index (χ2n) is 6.70. The van der Waals surface area contributed by atoms with Crippen LogP contribution in [0.5, 0.6) is 5.75 Å². The fraction of sp³-hybridized carbons (Fsp3) is 0.368. The molecule has 1 N–H and O–H groups in total. The Kier molecular flexibility index (Phi) is 6.33. The van der Waals surface area contributed by atoms with Gasteiger partial charge in [0.1, 0.15) is 23.4 Å². The van der Waals surface area contributed by atoms with Gasteiger partial charge in [-0.1, -0.05) is 6.07 Å². The van der Waals surface area contributed by atoms with Gasteiger partial charge in [-0.3, -0.25) is 4.79 Å². The van der Waals surface area contributed by atoms with Crippen LogP contribution in [0.25, 0.3) is 0 Å². The van der Waals surface area contributed by atoms with E-state index in [0.29, 0.717) is 37.4 Å². The predicted octanol–water partition coefficient (Wildman–Crippen LogP) is 1.44. The molecule has 3 rings (SSSR count). The van der Waals surface area contributed by atoms with Gasteiger partial charge in [0, 0.05) is 32.0 Å². The molecule has 0 radical (unpaired) electrons.